The molecule has 2 aromatic rings. The van der Waals surface area contributed by atoms with Gasteiger partial charge in [-0.2, -0.15) is 4.31 Å². The van der Waals surface area contributed by atoms with Gasteiger partial charge in [-0.05, 0) is 31.2 Å². The molecule has 33 heavy (non-hydrogen) atoms. The van der Waals surface area contributed by atoms with Crippen molar-refractivity contribution in [1.29, 1.82) is 0 Å². The third-order valence-corrected chi connectivity index (χ3v) is 7.89. The van der Waals surface area contributed by atoms with E-state index in [1.807, 2.05) is 13.0 Å². The summed E-state index contributed by atoms with van der Waals surface area (Å²) in [7, 11) is -3.57. The van der Waals surface area contributed by atoms with Crippen LogP contribution in [0, 0.1) is 6.92 Å². The molecule has 0 aliphatic carbocycles. The van der Waals surface area contributed by atoms with E-state index in [-0.39, 0.29) is 16.7 Å². The number of rotatable bonds is 5. The van der Waals surface area contributed by atoms with Crippen LogP contribution in [0.25, 0.3) is 0 Å². The van der Waals surface area contributed by atoms with Gasteiger partial charge in [-0.25, -0.2) is 18.4 Å². The Labute approximate surface area is 195 Å². The SMILES string of the molecule is Cc1cc(N2CCN(C(=O)c3ccc(S(=O)(=O)N4CCOCC4)cc3)CC2)nc(C(C)C)n1. The third-order valence-electron chi connectivity index (χ3n) is 5.97. The molecule has 0 atom stereocenters. The van der Waals surface area contributed by atoms with Crippen molar-refractivity contribution in [2.24, 2.45) is 0 Å². The quantitative estimate of drug-likeness (QED) is 0.654. The Bertz CT molecular complexity index is 1090. The zero-order valence-electron chi connectivity index (χ0n) is 19.4. The second-order valence-corrected chi connectivity index (χ2v) is 10.6. The highest BCUT2D eigenvalue weighted by molar-refractivity contribution is 7.89. The van der Waals surface area contributed by atoms with Gasteiger partial charge in [-0.3, -0.25) is 4.79 Å². The minimum atomic E-state index is -3.57. The Balaban J connectivity index is 1.40. The predicted molar refractivity (Wildman–Crippen MR) is 125 cm³/mol. The fourth-order valence-corrected chi connectivity index (χ4v) is 5.43. The zero-order valence-corrected chi connectivity index (χ0v) is 20.2. The molecule has 3 heterocycles. The largest absolute Gasteiger partial charge is 0.379 e. The van der Waals surface area contributed by atoms with Crippen LogP contribution in [-0.2, 0) is 14.8 Å². The monoisotopic (exact) mass is 473 g/mol. The smallest absolute Gasteiger partial charge is 0.253 e. The first kappa shape index (κ1) is 23.6. The molecule has 178 valence electrons. The van der Waals surface area contributed by atoms with Crippen molar-refractivity contribution in [3.63, 3.8) is 0 Å². The number of ether oxygens (including phenoxy) is 1. The van der Waals surface area contributed by atoms with Crippen molar-refractivity contribution in [1.82, 2.24) is 19.2 Å². The van der Waals surface area contributed by atoms with Crippen LogP contribution < -0.4 is 4.90 Å². The van der Waals surface area contributed by atoms with E-state index in [0.717, 1.165) is 17.3 Å². The van der Waals surface area contributed by atoms with E-state index in [0.29, 0.717) is 58.0 Å². The van der Waals surface area contributed by atoms with Crippen LogP contribution in [0.4, 0.5) is 5.82 Å². The number of hydrogen-bond acceptors (Lipinski definition) is 7. The number of aromatic nitrogens is 2. The Kier molecular flexibility index (Phi) is 6.96. The summed E-state index contributed by atoms with van der Waals surface area (Å²) in [5.74, 6) is 1.89. The lowest BCUT2D eigenvalue weighted by molar-refractivity contribution is 0.0730. The molecule has 2 fully saturated rings. The van der Waals surface area contributed by atoms with Crippen molar-refractivity contribution in [2.45, 2.75) is 31.6 Å². The summed E-state index contributed by atoms with van der Waals surface area (Å²) in [5, 5.41) is 0. The zero-order chi connectivity index (χ0) is 23.6. The molecule has 4 rings (SSSR count). The lowest BCUT2D eigenvalue weighted by Gasteiger charge is -2.35. The predicted octanol–water partition coefficient (Wildman–Crippen LogP) is 1.89. The Morgan fingerprint density at radius 1 is 0.970 bits per heavy atom. The van der Waals surface area contributed by atoms with Crippen LogP contribution in [0.5, 0.6) is 0 Å². The maximum Gasteiger partial charge on any atom is 0.253 e. The summed E-state index contributed by atoms with van der Waals surface area (Å²) in [5.41, 5.74) is 1.43. The summed E-state index contributed by atoms with van der Waals surface area (Å²) in [6, 6.07) is 8.23. The first-order valence-electron chi connectivity index (χ1n) is 11.3. The van der Waals surface area contributed by atoms with E-state index in [1.165, 1.54) is 16.4 Å². The number of aryl methyl sites for hydroxylation is 1. The molecule has 0 spiro atoms. The molecule has 1 aromatic heterocycles. The van der Waals surface area contributed by atoms with Crippen LogP contribution in [0.15, 0.2) is 35.2 Å². The van der Waals surface area contributed by atoms with Gasteiger partial charge in [0.15, 0.2) is 0 Å². The molecular formula is C23H31N5O4S. The fraction of sp³-hybridized carbons (Fsp3) is 0.522. The molecule has 2 saturated heterocycles. The number of benzene rings is 1. The van der Waals surface area contributed by atoms with Crippen molar-refractivity contribution in [3.8, 4) is 0 Å². The highest BCUT2D eigenvalue weighted by Gasteiger charge is 2.27. The first-order valence-corrected chi connectivity index (χ1v) is 12.8. The molecule has 0 radical (unpaired) electrons. The second-order valence-electron chi connectivity index (χ2n) is 8.70. The van der Waals surface area contributed by atoms with Crippen LogP contribution in [0.1, 0.15) is 41.6 Å². The third kappa shape index (κ3) is 5.18. The summed E-state index contributed by atoms with van der Waals surface area (Å²) in [6.45, 7) is 10.1. The number of sulfonamides is 1. The number of amides is 1. The van der Waals surface area contributed by atoms with Crippen molar-refractivity contribution in [3.05, 3.63) is 47.4 Å². The van der Waals surface area contributed by atoms with Crippen LogP contribution in [0.3, 0.4) is 0 Å². The number of morpholine rings is 1. The van der Waals surface area contributed by atoms with Gasteiger partial charge in [0.05, 0.1) is 18.1 Å². The van der Waals surface area contributed by atoms with Gasteiger partial charge in [-0.15, -0.1) is 0 Å². The number of carbonyl (C=O) groups excluding carboxylic acids is 1. The Hall–Kier alpha value is -2.56. The summed E-state index contributed by atoms with van der Waals surface area (Å²) < 4.78 is 32.2. The number of carbonyl (C=O) groups is 1. The van der Waals surface area contributed by atoms with Gasteiger partial charge in [0.2, 0.25) is 10.0 Å². The number of anilines is 1. The van der Waals surface area contributed by atoms with Crippen LogP contribution in [0.2, 0.25) is 0 Å². The molecule has 0 bridgehead atoms. The highest BCUT2D eigenvalue weighted by Crippen LogP contribution is 2.21. The van der Waals surface area contributed by atoms with Crippen molar-refractivity contribution in [2.75, 3.05) is 57.4 Å². The highest BCUT2D eigenvalue weighted by atomic mass is 32.2. The number of piperazine rings is 1. The molecule has 0 N–H and O–H groups in total. The molecule has 2 aliphatic rings. The maximum absolute atomic E-state index is 13.0. The Morgan fingerprint density at radius 3 is 2.21 bits per heavy atom. The van der Waals surface area contributed by atoms with Crippen molar-refractivity contribution < 1.29 is 17.9 Å². The molecule has 0 unspecified atom stereocenters. The van der Waals surface area contributed by atoms with Crippen LogP contribution >= 0.6 is 0 Å². The van der Waals surface area contributed by atoms with Gasteiger partial charge < -0.3 is 14.5 Å². The second kappa shape index (κ2) is 9.74. The minimum Gasteiger partial charge on any atom is -0.379 e. The molecule has 0 saturated carbocycles. The van der Waals surface area contributed by atoms with Crippen LogP contribution in [-0.4, -0.2) is 86.0 Å². The van der Waals surface area contributed by atoms with E-state index in [2.05, 4.69) is 23.7 Å². The first-order chi connectivity index (χ1) is 15.8. The van der Waals surface area contributed by atoms with E-state index in [1.54, 1.807) is 17.0 Å². The van der Waals surface area contributed by atoms with Gasteiger partial charge >= 0.3 is 0 Å². The van der Waals surface area contributed by atoms with E-state index in [4.69, 9.17) is 9.72 Å². The van der Waals surface area contributed by atoms with Gasteiger partial charge in [0, 0.05) is 62.5 Å². The van der Waals surface area contributed by atoms with Gasteiger partial charge in [0.1, 0.15) is 11.6 Å². The standard InChI is InChI=1S/C23H31N5O4S/c1-17(2)22-24-18(3)16-21(25-22)26-8-10-27(11-9-26)23(29)19-4-6-20(7-5-19)33(30,31)28-12-14-32-15-13-28/h4-7,16-17H,8-15H2,1-3H3. The van der Waals surface area contributed by atoms with Gasteiger partial charge in [0.25, 0.3) is 5.91 Å². The lowest BCUT2D eigenvalue weighted by atomic mass is 10.1. The van der Waals surface area contributed by atoms with E-state index < -0.39 is 10.0 Å². The van der Waals surface area contributed by atoms with Gasteiger partial charge in [-0.1, -0.05) is 13.8 Å². The van der Waals surface area contributed by atoms with E-state index in [9.17, 15) is 13.2 Å². The average molecular weight is 474 g/mol. The number of nitrogens with zero attached hydrogens (tertiary/aromatic N) is 5. The minimum absolute atomic E-state index is 0.0910. The number of hydrogen-bond donors (Lipinski definition) is 0. The summed E-state index contributed by atoms with van der Waals surface area (Å²) >= 11 is 0. The fourth-order valence-electron chi connectivity index (χ4n) is 4.02. The molecular weight excluding hydrogens is 442 g/mol. The van der Waals surface area contributed by atoms with Crippen molar-refractivity contribution >= 4 is 21.7 Å². The summed E-state index contributed by atoms with van der Waals surface area (Å²) in [6.07, 6.45) is 0. The molecule has 1 aromatic carbocycles. The normalized spacial score (nSPS) is 18.1. The van der Waals surface area contributed by atoms with E-state index >= 15 is 0 Å². The Morgan fingerprint density at radius 2 is 1.61 bits per heavy atom. The molecule has 1 amide bonds. The lowest BCUT2D eigenvalue weighted by Crippen LogP contribution is -2.49. The molecule has 2 aliphatic heterocycles. The average Bonchev–Trinajstić information content (AvgIpc) is 2.84. The summed E-state index contributed by atoms with van der Waals surface area (Å²) in [4.78, 5) is 26.4. The topological polar surface area (TPSA) is 95.9 Å². The molecule has 10 heteroatoms. The maximum atomic E-state index is 13.0. The molecule has 9 nitrogen and oxygen atoms in total.